The quantitative estimate of drug-likeness (QED) is 0.304. The van der Waals surface area contributed by atoms with E-state index in [1.807, 2.05) is 24.3 Å². The Balaban J connectivity index is 1.44. The molecular formula is C26H24BrF2N5O4. The van der Waals surface area contributed by atoms with Gasteiger partial charge in [0, 0.05) is 40.4 Å². The van der Waals surface area contributed by atoms with Gasteiger partial charge in [-0.3, -0.25) is 24.7 Å². The number of benzene rings is 2. The number of nitrogens with zero attached hydrogens (tertiary/aromatic N) is 3. The van der Waals surface area contributed by atoms with Gasteiger partial charge in [-0.05, 0) is 24.3 Å². The highest BCUT2D eigenvalue weighted by atomic mass is 79.9. The summed E-state index contributed by atoms with van der Waals surface area (Å²) < 4.78 is 27.2. The van der Waals surface area contributed by atoms with E-state index in [1.54, 1.807) is 6.20 Å². The summed E-state index contributed by atoms with van der Waals surface area (Å²) >= 11 is 3.20. The van der Waals surface area contributed by atoms with Gasteiger partial charge in [0.2, 0.25) is 0 Å². The summed E-state index contributed by atoms with van der Waals surface area (Å²) in [4.78, 5) is 42.9. The molecule has 2 heterocycles. The van der Waals surface area contributed by atoms with E-state index in [2.05, 4.69) is 31.5 Å². The van der Waals surface area contributed by atoms with Gasteiger partial charge in [0.25, 0.3) is 23.4 Å². The zero-order chi connectivity index (χ0) is 27.0. The predicted octanol–water partition coefficient (Wildman–Crippen LogP) is 5.15. The first-order valence-corrected chi connectivity index (χ1v) is 13.0. The van der Waals surface area contributed by atoms with Crippen molar-refractivity contribution in [3.63, 3.8) is 0 Å². The molecule has 198 valence electrons. The molecular weight excluding hydrogens is 564 g/mol. The van der Waals surface area contributed by atoms with Crippen molar-refractivity contribution in [3.8, 4) is 0 Å². The molecule has 0 radical (unpaired) electrons. The van der Waals surface area contributed by atoms with Gasteiger partial charge in [0.15, 0.2) is 0 Å². The first-order valence-electron chi connectivity index (χ1n) is 12.2. The highest BCUT2D eigenvalue weighted by Gasteiger charge is 2.47. The van der Waals surface area contributed by atoms with E-state index in [1.165, 1.54) is 18.3 Å². The second-order valence-corrected chi connectivity index (χ2v) is 10.6. The summed E-state index contributed by atoms with van der Waals surface area (Å²) in [6, 6.07) is 9.24. The summed E-state index contributed by atoms with van der Waals surface area (Å²) in [6.45, 7) is -1.49. The number of hydrogen-bond acceptors (Lipinski definition) is 6. The minimum absolute atomic E-state index is 0.0450. The number of amides is 2. The Morgan fingerprint density at radius 2 is 1.79 bits per heavy atom. The Morgan fingerprint density at radius 1 is 1.08 bits per heavy atom. The summed E-state index contributed by atoms with van der Waals surface area (Å²) in [5, 5.41) is 19.7. The number of nitro groups is 1. The molecule has 0 spiro atoms. The predicted molar refractivity (Wildman–Crippen MR) is 141 cm³/mol. The van der Waals surface area contributed by atoms with Gasteiger partial charge >= 0.3 is 0 Å². The van der Waals surface area contributed by atoms with Crippen LogP contribution in [-0.2, 0) is 0 Å². The van der Waals surface area contributed by atoms with Crippen LogP contribution in [0.15, 0.2) is 53.3 Å². The molecule has 3 aromatic rings. The molecule has 5 rings (SSSR count). The molecule has 1 aliphatic heterocycles. The highest BCUT2D eigenvalue weighted by molar-refractivity contribution is 9.10. The average molecular weight is 588 g/mol. The molecule has 1 saturated carbocycles. The van der Waals surface area contributed by atoms with Gasteiger partial charge in [-0.1, -0.05) is 53.0 Å². The lowest BCUT2D eigenvalue weighted by Crippen LogP contribution is -2.58. The molecule has 1 saturated heterocycles. The summed E-state index contributed by atoms with van der Waals surface area (Å²) in [5.41, 5.74) is -0.0626. The Bertz CT molecular complexity index is 1420. The fourth-order valence-corrected chi connectivity index (χ4v) is 5.53. The van der Waals surface area contributed by atoms with Crippen LogP contribution in [0.25, 0.3) is 10.8 Å². The van der Waals surface area contributed by atoms with Crippen LogP contribution < -0.4 is 10.6 Å². The maximum atomic E-state index is 13.5. The Labute approximate surface area is 224 Å². The molecule has 2 atom stereocenters. The number of fused-ring (bicyclic) bond motifs is 1. The fraction of sp³-hybridized carbons (Fsp3) is 0.346. The van der Waals surface area contributed by atoms with Gasteiger partial charge in [-0.2, -0.15) is 0 Å². The second-order valence-electron chi connectivity index (χ2n) is 9.65. The van der Waals surface area contributed by atoms with Crippen molar-refractivity contribution in [2.45, 2.75) is 43.7 Å². The van der Waals surface area contributed by atoms with Crippen molar-refractivity contribution in [1.29, 1.82) is 0 Å². The summed E-state index contributed by atoms with van der Waals surface area (Å²) in [6.07, 6.45) is 6.03. The van der Waals surface area contributed by atoms with Crippen molar-refractivity contribution in [1.82, 2.24) is 15.2 Å². The minimum atomic E-state index is -2.98. The van der Waals surface area contributed by atoms with Crippen molar-refractivity contribution >= 4 is 49.9 Å². The van der Waals surface area contributed by atoms with Crippen LogP contribution in [0.5, 0.6) is 0 Å². The van der Waals surface area contributed by atoms with Crippen LogP contribution in [0.1, 0.15) is 46.4 Å². The number of carbonyl (C=O) groups is 2. The molecule has 2 unspecified atom stereocenters. The zero-order valence-electron chi connectivity index (χ0n) is 20.1. The Morgan fingerprint density at radius 3 is 2.50 bits per heavy atom. The third-order valence-corrected chi connectivity index (χ3v) is 7.42. The van der Waals surface area contributed by atoms with E-state index in [0.29, 0.717) is 18.4 Å². The van der Waals surface area contributed by atoms with E-state index in [9.17, 15) is 28.5 Å². The van der Waals surface area contributed by atoms with Gasteiger partial charge < -0.3 is 15.5 Å². The number of hydrogen-bond donors (Lipinski definition) is 2. The fourth-order valence-electron chi connectivity index (χ4n) is 5.09. The van der Waals surface area contributed by atoms with Gasteiger partial charge in [0.05, 0.1) is 29.1 Å². The number of aromatic nitrogens is 1. The molecule has 2 N–H and O–H groups in total. The maximum Gasteiger partial charge on any atom is 0.294 e. The van der Waals surface area contributed by atoms with Crippen LogP contribution in [0.3, 0.4) is 0 Å². The number of anilines is 1. The van der Waals surface area contributed by atoms with E-state index < -0.39 is 41.9 Å². The maximum absolute atomic E-state index is 13.5. The van der Waals surface area contributed by atoms with Gasteiger partial charge in [-0.25, -0.2) is 8.78 Å². The lowest BCUT2D eigenvalue weighted by Gasteiger charge is -2.39. The van der Waals surface area contributed by atoms with Gasteiger partial charge in [0.1, 0.15) is 5.69 Å². The lowest BCUT2D eigenvalue weighted by atomic mass is 9.89. The number of pyridine rings is 1. The molecule has 1 aromatic heterocycles. The molecule has 38 heavy (non-hydrogen) atoms. The van der Waals surface area contributed by atoms with Crippen molar-refractivity contribution in [2.24, 2.45) is 0 Å². The summed E-state index contributed by atoms with van der Waals surface area (Å²) in [5.74, 6) is -4.02. The average Bonchev–Trinajstić information content (AvgIpc) is 2.88. The molecule has 2 amide bonds. The normalized spacial score (nSPS) is 20.4. The molecule has 2 fully saturated rings. The first kappa shape index (κ1) is 26.0. The summed E-state index contributed by atoms with van der Waals surface area (Å²) in [7, 11) is 0. The van der Waals surface area contributed by atoms with Crippen LogP contribution in [0, 0.1) is 10.1 Å². The topological polar surface area (TPSA) is 117 Å². The number of nitrogens with one attached hydrogen (secondary N) is 2. The number of nitro benzene ring substituents is 1. The van der Waals surface area contributed by atoms with Crippen molar-refractivity contribution in [2.75, 3.05) is 18.4 Å². The Kier molecular flexibility index (Phi) is 6.99. The van der Waals surface area contributed by atoms with Crippen LogP contribution in [0.2, 0.25) is 0 Å². The SMILES string of the molecule is O=C(NC1CCCCC1Nc1c(C(=O)N2CC(F)(F)C2)cc(Br)cc1[N+](=O)[O-])c1cncc2ccccc12. The van der Waals surface area contributed by atoms with Crippen molar-refractivity contribution in [3.05, 3.63) is 74.5 Å². The number of likely N-dealkylation sites (tertiary alicyclic amines) is 1. The Hall–Kier alpha value is -3.67. The number of alkyl halides is 2. The standard InChI is InChI=1S/C26H24BrF2N5O4/c27-16-9-18(25(36)33-13-26(28,29)14-33)23(22(10-16)34(37)38)31-20-7-3-4-8-21(20)32-24(35)19-12-30-11-15-5-1-2-6-17(15)19/h1-2,5-6,9-12,20-21,31H,3-4,7-8,13-14H2,(H,32,35). The second kappa shape index (κ2) is 10.2. The van der Waals surface area contributed by atoms with E-state index in [0.717, 1.165) is 28.5 Å². The van der Waals surface area contributed by atoms with Crippen LogP contribution in [0.4, 0.5) is 20.2 Å². The molecule has 12 heteroatoms. The lowest BCUT2D eigenvalue weighted by molar-refractivity contribution is -0.384. The van der Waals surface area contributed by atoms with Crippen LogP contribution in [-0.4, -0.2) is 57.7 Å². The number of carbonyl (C=O) groups excluding carboxylic acids is 2. The van der Waals surface area contributed by atoms with Crippen LogP contribution >= 0.6 is 15.9 Å². The zero-order valence-corrected chi connectivity index (χ0v) is 21.7. The van der Waals surface area contributed by atoms with E-state index in [4.69, 9.17) is 0 Å². The number of halogens is 3. The third kappa shape index (κ3) is 5.17. The van der Waals surface area contributed by atoms with E-state index in [-0.39, 0.29) is 27.3 Å². The highest BCUT2D eigenvalue weighted by Crippen LogP contribution is 2.37. The molecule has 0 bridgehead atoms. The molecule has 1 aliphatic carbocycles. The van der Waals surface area contributed by atoms with E-state index >= 15 is 0 Å². The number of rotatable bonds is 6. The monoisotopic (exact) mass is 587 g/mol. The third-order valence-electron chi connectivity index (χ3n) is 6.97. The smallest absolute Gasteiger partial charge is 0.294 e. The first-order chi connectivity index (χ1) is 18.1. The van der Waals surface area contributed by atoms with Crippen molar-refractivity contribution < 1.29 is 23.3 Å². The minimum Gasteiger partial charge on any atom is -0.374 e. The molecule has 2 aromatic carbocycles. The largest absolute Gasteiger partial charge is 0.374 e. The molecule has 2 aliphatic rings. The molecule has 9 nitrogen and oxygen atoms in total. The van der Waals surface area contributed by atoms with Gasteiger partial charge in [-0.15, -0.1) is 0 Å².